The molecule has 132 valence electrons. The minimum Gasteiger partial charge on any atom is -0.369 e. The maximum atomic E-state index is 6.48. The number of nitrogens with zero attached hydrogens (tertiary/aromatic N) is 2. The van der Waals surface area contributed by atoms with E-state index in [4.69, 9.17) is 23.2 Å². The number of hydrogen-bond acceptors (Lipinski definition) is 2. The number of fused-ring (bicyclic) bond motifs is 1. The first-order chi connectivity index (χ1) is 12.0. The van der Waals surface area contributed by atoms with Gasteiger partial charge in [-0.25, -0.2) is 0 Å². The van der Waals surface area contributed by atoms with Crippen LogP contribution in [0.4, 0.5) is 5.69 Å². The van der Waals surface area contributed by atoms with Gasteiger partial charge in [-0.05, 0) is 67.8 Å². The summed E-state index contributed by atoms with van der Waals surface area (Å²) in [5.41, 5.74) is 5.16. The fourth-order valence-electron chi connectivity index (χ4n) is 4.35. The smallest absolute Gasteiger partial charge is 0.0468 e. The van der Waals surface area contributed by atoms with Crippen molar-refractivity contribution in [2.24, 2.45) is 0 Å². The van der Waals surface area contributed by atoms with Crippen molar-refractivity contribution in [3.63, 3.8) is 0 Å². The second kappa shape index (κ2) is 6.83. The van der Waals surface area contributed by atoms with Gasteiger partial charge in [0.1, 0.15) is 0 Å². The van der Waals surface area contributed by atoms with Gasteiger partial charge in [-0.1, -0.05) is 35.3 Å². The van der Waals surface area contributed by atoms with Gasteiger partial charge in [-0.2, -0.15) is 0 Å². The van der Waals surface area contributed by atoms with Crippen LogP contribution in [-0.4, -0.2) is 31.1 Å². The molecule has 2 atom stereocenters. The van der Waals surface area contributed by atoms with Gasteiger partial charge in [0.2, 0.25) is 0 Å². The zero-order valence-corrected chi connectivity index (χ0v) is 16.3. The van der Waals surface area contributed by atoms with E-state index in [2.05, 4.69) is 54.1 Å². The van der Waals surface area contributed by atoms with Gasteiger partial charge in [-0.15, -0.1) is 0 Å². The van der Waals surface area contributed by atoms with E-state index < -0.39 is 0 Å². The predicted molar refractivity (Wildman–Crippen MR) is 107 cm³/mol. The number of rotatable bonds is 2. The van der Waals surface area contributed by atoms with Crippen LogP contribution in [0.25, 0.3) is 0 Å². The number of halogens is 2. The molecule has 0 N–H and O–H groups in total. The number of anilines is 1. The Labute approximate surface area is 160 Å². The summed E-state index contributed by atoms with van der Waals surface area (Å²) in [4.78, 5) is 4.85. The lowest BCUT2D eigenvalue weighted by Crippen LogP contribution is -2.31. The Bertz CT molecular complexity index is 772. The molecule has 1 fully saturated rings. The standard InChI is InChI=1S/C21H24Cl2N2/c1-14-4-3-9-25(14)17-7-5-15(6-8-17)19-12-24(2)13-20-18(19)10-16(22)11-21(20)23/h5-8,10-11,14,19H,3-4,9,12-13H2,1-2H3. The van der Waals surface area contributed by atoms with E-state index in [-0.39, 0.29) is 0 Å². The highest BCUT2D eigenvalue weighted by Crippen LogP contribution is 2.39. The molecule has 0 saturated carbocycles. The summed E-state index contributed by atoms with van der Waals surface area (Å²) in [6.07, 6.45) is 2.58. The van der Waals surface area contributed by atoms with Gasteiger partial charge in [0.05, 0.1) is 0 Å². The highest BCUT2D eigenvalue weighted by Gasteiger charge is 2.27. The first kappa shape index (κ1) is 17.2. The largest absolute Gasteiger partial charge is 0.369 e. The molecule has 1 saturated heterocycles. The summed E-state index contributed by atoms with van der Waals surface area (Å²) in [7, 11) is 2.15. The highest BCUT2D eigenvalue weighted by atomic mass is 35.5. The van der Waals surface area contributed by atoms with E-state index in [1.54, 1.807) is 0 Å². The predicted octanol–water partition coefficient (Wildman–Crippen LogP) is 5.56. The quantitative estimate of drug-likeness (QED) is 0.678. The molecule has 2 aromatic carbocycles. The summed E-state index contributed by atoms with van der Waals surface area (Å²) >= 11 is 12.8. The van der Waals surface area contributed by atoms with Gasteiger partial charge >= 0.3 is 0 Å². The average Bonchev–Trinajstić information content (AvgIpc) is 3.01. The van der Waals surface area contributed by atoms with Gasteiger partial charge in [0, 0.05) is 47.3 Å². The van der Waals surface area contributed by atoms with Crippen LogP contribution in [0.3, 0.4) is 0 Å². The van der Waals surface area contributed by atoms with Crippen molar-refractivity contribution in [1.82, 2.24) is 4.90 Å². The molecule has 25 heavy (non-hydrogen) atoms. The van der Waals surface area contributed by atoms with Crippen LogP contribution in [0.1, 0.15) is 42.4 Å². The number of likely N-dealkylation sites (N-methyl/N-ethyl adjacent to an activating group) is 1. The second-order valence-electron chi connectivity index (χ2n) is 7.48. The van der Waals surface area contributed by atoms with Gasteiger partial charge in [0.15, 0.2) is 0 Å². The summed E-state index contributed by atoms with van der Waals surface area (Å²) in [6, 6.07) is 13.7. The first-order valence-electron chi connectivity index (χ1n) is 9.06. The van der Waals surface area contributed by atoms with Crippen LogP contribution >= 0.6 is 23.2 Å². The van der Waals surface area contributed by atoms with Crippen LogP contribution in [0.5, 0.6) is 0 Å². The minimum absolute atomic E-state index is 0.315. The average molecular weight is 375 g/mol. The monoisotopic (exact) mass is 374 g/mol. The van der Waals surface area contributed by atoms with Crippen molar-refractivity contribution in [2.45, 2.75) is 38.3 Å². The fourth-order valence-corrected chi connectivity index (χ4v) is 4.91. The van der Waals surface area contributed by atoms with E-state index in [0.717, 1.165) is 23.1 Å². The molecule has 0 amide bonds. The summed E-state index contributed by atoms with van der Waals surface area (Å²) < 4.78 is 0. The second-order valence-corrected chi connectivity index (χ2v) is 8.32. The summed E-state index contributed by atoms with van der Waals surface area (Å²) in [5.74, 6) is 0.315. The van der Waals surface area contributed by atoms with E-state index in [9.17, 15) is 0 Å². The van der Waals surface area contributed by atoms with Crippen molar-refractivity contribution in [1.29, 1.82) is 0 Å². The summed E-state index contributed by atoms with van der Waals surface area (Å²) in [5, 5.41) is 1.50. The Morgan fingerprint density at radius 1 is 1.08 bits per heavy atom. The molecule has 0 aliphatic carbocycles. The van der Waals surface area contributed by atoms with Crippen LogP contribution in [0, 0.1) is 0 Å². The zero-order chi connectivity index (χ0) is 17.6. The lowest BCUT2D eigenvalue weighted by atomic mass is 9.84. The Hall–Kier alpha value is -1.22. The Kier molecular flexibility index (Phi) is 4.70. The van der Waals surface area contributed by atoms with Gasteiger partial charge in [-0.3, -0.25) is 0 Å². The molecule has 2 heterocycles. The first-order valence-corrected chi connectivity index (χ1v) is 9.81. The SMILES string of the molecule is CC1CCCN1c1ccc(C2CN(C)Cc3c(Cl)cc(Cl)cc32)cc1. The lowest BCUT2D eigenvalue weighted by Gasteiger charge is -2.33. The van der Waals surface area contributed by atoms with Crippen molar-refractivity contribution < 1.29 is 0 Å². The molecule has 0 aromatic heterocycles. The van der Waals surface area contributed by atoms with E-state index >= 15 is 0 Å². The lowest BCUT2D eigenvalue weighted by molar-refractivity contribution is 0.295. The third kappa shape index (κ3) is 3.28. The van der Waals surface area contributed by atoms with Crippen LogP contribution in [0.15, 0.2) is 36.4 Å². The molecule has 0 bridgehead atoms. The third-order valence-corrected chi connectivity index (χ3v) is 6.23. The van der Waals surface area contributed by atoms with Crippen molar-refractivity contribution in [3.05, 3.63) is 63.1 Å². The molecule has 2 aliphatic heterocycles. The van der Waals surface area contributed by atoms with E-state index in [1.807, 2.05) is 6.07 Å². The van der Waals surface area contributed by atoms with Crippen molar-refractivity contribution in [3.8, 4) is 0 Å². The normalized spacial score (nSPS) is 23.8. The molecule has 2 aliphatic rings. The molecule has 2 unspecified atom stereocenters. The molecular weight excluding hydrogens is 351 g/mol. The molecule has 0 radical (unpaired) electrons. The highest BCUT2D eigenvalue weighted by molar-refractivity contribution is 6.35. The summed E-state index contributed by atoms with van der Waals surface area (Å²) in [6.45, 7) is 5.35. The Morgan fingerprint density at radius 2 is 1.84 bits per heavy atom. The molecular formula is C21H24Cl2N2. The molecule has 2 aromatic rings. The van der Waals surface area contributed by atoms with Gasteiger partial charge < -0.3 is 9.80 Å². The Morgan fingerprint density at radius 3 is 2.52 bits per heavy atom. The van der Waals surface area contributed by atoms with Gasteiger partial charge in [0.25, 0.3) is 0 Å². The third-order valence-electron chi connectivity index (χ3n) is 5.67. The maximum Gasteiger partial charge on any atom is 0.0468 e. The van der Waals surface area contributed by atoms with Crippen molar-refractivity contribution >= 4 is 28.9 Å². The van der Waals surface area contributed by atoms with Crippen molar-refractivity contribution in [2.75, 3.05) is 25.0 Å². The van der Waals surface area contributed by atoms with Crippen LogP contribution < -0.4 is 4.90 Å². The number of benzene rings is 2. The topological polar surface area (TPSA) is 6.48 Å². The van der Waals surface area contributed by atoms with E-state index in [0.29, 0.717) is 12.0 Å². The minimum atomic E-state index is 0.315. The zero-order valence-electron chi connectivity index (χ0n) is 14.8. The number of hydrogen-bond donors (Lipinski definition) is 0. The maximum absolute atomic E-state index is 6.48. The molecule has 2 nitrogen and oxygen atoms in total. The molecule has 4 rings (SSSR count). The Balaban J connectivity index is 1.68. The van der Waals surface area contributed by atoms with E-state index in [1.165, 1.54) is 41.8 Å². The fraction of sp³-hybridized carbons (Fsp3) is 0.429. The van der Waals surface area contributed by atoms with Crippen LogP contribution in [-0.2, 0) is 6.54 Å². The molecule has 0 spiro atoms. The molecule has 4 heteroatoms. The van der Waals surface area contributed by atoms with Crippen LogP contribution in [0.2, 0.25) is 10.0 Å².